The number of carbonyl (C=O) groups excluding carboxylic acids is 1. The Kier molecular flexibility index (Phi) is 4.12. The number of rotatable bonds is 2. The smallest absolute Gasteiger partial charge is 0.262 e. The zero-order valence-corrected chi connectivity index (χ0v) is 12.2. The number of hydrogen-bond acceptors (Lipinski definition) is 5. The summed E-state index contributed by atoms with van der Waals surface area (Å²) in [5.74, 6) is -0.641. The number of phenolic OH excluding ortho intramolecular Hbond substituents is 1. The van der Waals surface area contributed by atoms with Gasteiger partial charge in [-0.15, -0.1) is 0 Å². The van der Waals surface area contributed by atoms with Gasteiger partial charge in [0.15, 0.2) is 5.17 Å². The van der Waals surface area contributed by atoms with Gasteiger partial charge in [-0.3, -0.25) is 9.80 Å². The van der Waals surface area contributed by atoms with Crippen molar-refractivity contribution in [2.45, 2.75) is 24.5 Å². The third-order valence-corrected chi connectivity index (χ3v) is 4.69. The van der Waals surface area contributed by atoms with Crippen LogP contribution in [0.4, 0.5) is 4.39 Å². The van der Waals surface area contributed by atoms with E-state index in [1.165, 1.54) is 30.0 Å². The van der Waals surface area contributed by atoms with Crippen molar-refractivity contribution in [2.75, 3.05) is 13.1 Å². The predicted octanol–water partition coefficient (Wildman–Crippen LogP) is 1.67. The molecule has 1 aromatic carbocycles. The van der Waals surface area contributed by atoms with E-state index in [0.29, 0.717) is 10.7 Å². The van der Waals surface area contributed by atoms with Gasteiger partial charge in [-0.25, -0.2) is 9.82 Å². The third-order valence-electron chi connectivity index (χ3n) is 3.52. The maximum Gasteiger partial charge on any atom is 0.262 e. The minimum absolute atomic E-state index is 0.00866. The summed E-state index contributed by atoms with van der Waals surface area (Å²) < 4.78 is 13.2. The number of aliphatic imine (C=N–C) groups is 1. The predicted molar refractivity (Wildman–Crippen MR) is 79.5 cm³/mol. The Morgan fingerprint density at radius 1 is 1.48 bits per heavy atom. The SMILES string of the molecule is O=C1N=C(N2CCCCN2)SC1Cc1cc(F)ccc1O. The number of hydrogen-bond donors (Lipinski definition) is 2. The monoisotopic (exact) mass is 309 g/mol. The van der Waals surface area contributed by atoms with Gasteiger partial charge in [0.2, 0.25) is 0 Å². The van der Waals surface area contributed by atoms with Crippen molar-refractivity contribution >= 4 is 22.8 Å². The lowest BCUT2D eigenvalue weighted by molar-refractivity contribution is -0.117. The summed E-state index contributed by atoms with van der Waals surface area (Å²) in [4.78, 5) is 16.1. The number of halogens is 1. The molecule has 2 aliphatic rings. The molecule has 0 radical (unpaired) electrons. The fourth-order valence-electron chi connectivity index (χ4n) is 2.39. The normalized spacial score (nSPS) is 22.5. The summed E-state index contributed by atoms with van der Waals surface area (Å²) in [7, 11) is 0. The van der Waals surface area contributed by atoms with Gasteiger partial charge in [0.05, 0.1) is 5.25 Å². The van der Waals surface area contributed by atoms with Crippen molar-refractivity contribution < 1.29 is 14.3 Å². The fraction of sp³-hybridized carbons (Fsp3) is 0.429. The highest BCUT2D eigenvalue weighted by atomic mass is 32.2. The number of benzene rings is 1. The molecule has 1 saturated heterocycles. The second-order valence-corrected chi connectivity index (χ2v) is 6.25. The van der Waals surface area contributed by atoms with Crippen molar-refractivity contribution in [3.63, 3.8) is 0 Å². The van der Waals surface area contributed by atoms with Gasteiger partial charge >= 0.3 is 0 Å². The number of nitrogens with one attached hydrogen (secondary N) is 1. The molecule has 0 bridgehead atoms. The highest BCUT2D eigenvalue weighted by Crippen LogP contribution is 2.30. The lowest BCUT2D eigenvalue weighted by Crippen LogP contribution is -2.45. The molecule has 0 aliphatic carbocycles. The van der Waals surface area contributed by atoms with Crippen LogP contribution in [0.5, 0.6) is 5.75 Å². The van der Waals surface area contributed by atoms with Gasteiger partial charge in [0.25, 0.3) is 5.91 Å². The van der Waals surface area contributed by atoms with Crippen molar-refractivity contribution in [1.29, 1.82) is 0 Å². The van der Waals surface area contributed by atoms with Gasteiger partial charge in [-0.05, 0) is 43.0 Å². The molecule has 112 valence electrons. The van der Waals surface area contributed by atoms with Crippen LogP contribution in [0, 0.1) is 5.82 Å². The first-order chi connectivity index (χ1) is 10.1. The Morgan fingerprint density at radius 2 is 2.33 bits per heavy atom. The van der Waals surface area contributed by atoms with Gasteiger partial charge in [0, 0.05) is 13.1 Å². The van der Waals surface area contributed by atoms with Crippen molar-refractivity contribution in [2.24, 2.45) is 4.99 Å². The Hall–Kier alpha value is -1.60. The van der Waals surface area contributed by atoms with E-state index in [0.717, 1.165) is 25.9 Å². The molecule has 5 nitrogen and oxygen atoms in total. The largest absolute Gasteiger partial charge is 0.508 e. The summed E-state index contributed by atoms with van der Waals surface area (Å²) >= 11 is 1.37. The molecule has 2 aliphatic heterocycles. The number of carbonyl (C=O) groups is 1. The number of hydrazine groups is 1. The van der Waals surface area contributed by atoms with Crippen LogP contribution in [0.1, 0.15) is 18.4 Å². The number of aromatic hydroxyl groups is 1. The summed E-state index contributed by atoms with van der Waals surface area (Å²) in [6, 6.07) is 3.77. The molecule has 1 amide bonds. The first-order valence-electron chi connectivity index (χ1n) is 6.91. The van der Waals surface area contributed by atoms with E-state index in [-0.39, 0.29) is 18.1 Å². The van der Waals surface area contributed by atoms with Crippen LogP contribution in [0.3, 0.4) is 0 Å². The second kappa shape index (κ2) is 6.03. The Labute approximate surface area is 126 Å². The molecule has 0 aromatic heterocycles. The number of phenols is 1. The van der Waals surface area contributed by atoms with Crippen molar-refractivity contribution in [3.05, 3.63) is 29.6 Å². The highest BCUT2D eigenvalue weighted by molar-refractivity contribution is 8.15. The summed E-state index contributed by atoms with van der Waals surface area (Å²) in [5.41, 5.74) is 3.64. The average Bonchev–Trinajstić information content (AvgIpc) is 2.85. The summed E-state index contributed by atoms with van der Waals surface area (Å²) in [6.07, 6.45) is 2.45. The minimum atomic E-state index is -0.419. The zero-order chi connectivity index (χ0) is 14.8. The van der Waals surface area contributed by atoms with Crippen LogP contribution in [0.15, 0.2) is 23.2 Å². The van der Waals surface area contributed by atoms with Crippen LogP contribution in [0.25, 0.3) is 0 Å². The van der Waals surface area contributed by atoms with E-state index in [1.54, 1.807) is 0 Å². The molecular formula is C14H16FN3O2S. The number of nitrogens with zero attached hydrogens (tertiary/aromatic N) is 2. The van der Waals surface area contributed by atoms with E-state index in [4.69, 9.17) is 0 Å². The minimum Gasteiger partial charge on any atom is -0.508 e. The topological polar surface area (TPSA) is 64.9 Å². The first-order valence-corrected chi connectivity index (χ1v) is 7.79. The molecule has 1 atom stereocenters. The van der Waals surface area contributed by atoms with Crippen LogP contribution in [-0.2, 0) is 11.2 Å². The lowest BCUT2D eigenvalue weighted by atomic mass is 10.1. The van der Waals surface area contributed by atoms with E-state index in [1.807, 2.05) is 5.01 Å². The summed E-state index contributed by atoms with van der Waals surface area (Å²) in [6.45, 7) is 1.71. The van der Waals surface area contributed by atoms with Gasteiger partial charge in [-0.2, -0.15) is 4.99 Å². The van der Waals surface area contributed by atoms with Crippen LogP contribution >= 0.6 is 11.8 Å². The lowest BCUT2D eigenvalue weighted by Gasteiger charge is -2.28. The van der Waals surface area contributed by atoms with Crippen molar-refractivity contribution in [1.82, 2.24) is 10.4 Å². The quantitative estimate of drug-likeness (QED) is 0.870. The second-order valence-electron chi connectivity index (χ2n) is 5.08. The van der Waals surface area contributed by atoms with E-state index in [2.05, 4.69) is 10.4 Å². The number of amidine groups is 1. The van der Waals surface area contributed by atoms with Gasteiger partial charge in [-0.1, -0.05) is 11.8 Å². The van der Waals surface area contributed by atoms with Crippen LogP contribution in [0.2, 0.25) is 0 Å². The Balaban J connectivity index is 1.68. The Morgan fingerprint density at radius 3 is 3.10 bits per heavy atom. The molecule has 1 unspecified atom stereocenters. The fourth-order valence-corrected chi connectivity index (χ4v) is 3.49. The van der Waals surface area contributed by atoms with Crippen LogP contribution in [-0.4, -0.2) is 39.5 Å². The molecule has 3 rings (SSSR count). The maximum atomic E-state index is 13.2. The van der Waals surface area contributed by atoms with E-state index >= 15 is 0 Å². The molecule has 1 aromatic rings. The molecule has 2 N–H and O–H groups in total. The highest BCUT2D eigenvalue weighted by Gasteiger charge is 2.32. The molecule has 7 heteroatoms. The van der Waals surface area contributed by atoms with Crippen molar-refractivity contribution in [3.8, 4) is 5.75 Å². The van der Waals surface area contributed by atoms with Gasteiger partial charge in [0.1, 0.15) is 11.6 Å². The van der Waals surface area contributed by atoms with Gasteiger partial charge < -0.3 is 5.11 Å². The van der Waals surface area contributed by atoms with E-state index in [9.17, 15) is 14.3 Å². The number of thioether (sulfide) groups is 1. The molecule has 0 spiro atoms. The maximum absolute atomic E-state index is 13.2. The third kappa shape index (κ3) is 3.19. The zero-order valence-electron chi connectivity index (χ0n) is 11.4. The average molecular weight is 309 g/mol. The molecular weight excluding hydrogens is 293 g/mol. The number of amides is 1. The molecule has 0 saturated carbocycles. The molecule has 21 heavy (non-hydrogen) atoms. The molecule has 1 fully saturated rings. The standard InChI is InChI=1S/C14H16FN3O2S/c15-10-3-4-11(19)9(7-10)8-12-13(20)17-14(21-12)18-6-2-1-5-16-18/h3-4,7,12,16,19H,1-2,5-6,8H2. The molecule has 2 heterocycles. The van der Waals surface area contributed by atoms with E-state index < -0.39 is 11.1 Å². The summed E-state index contributed by atoms with van der Waals surface area (Å²) in [5, 5.41) is 11.9. The van der Waals surface area contributed by atoms with Crippen LogP contribution < -0.4 is 5.43 Å². The first kappa shape index (κ1) is 14.3. The Bertz CT molecular complexity index is 588.